The number of esters is 1. The molecule has 3 nitrogen and oxygen atoms in total. The molecule has 1 fully saturated rings. The zero-order chi connectivity index (χ0) is 23.3. The number of rotatable bonds is 11. The quantitative estimate of drug-likeness (QED) is 0.238. The van der Waals surface area contributed by atoms with Gasteiger partial charge in [-0.15, -0.1) is 6.58 Å². The Kier molecular flexibility index (Phi) is 8.25. The molecule has 1 saturated carbocycles. The molecule has 0 bridgehead atoms. The third-order valence-corrected chi connectivity index (χ3v) is 6.19. The lowest BCUT2D eigenvalue weighted by atomic mass is 9.87. The Hall–Kier alpha value is -2.46. The van der Waals surface area contributed by atoms with Crippen LogP contribution in [-0.2, 0) is 16.0 Å². The lowest BCUT2D eigenvalue weighted by Crippen LogP contribution is -2.19. The van der Waals surface area contributed by atoms with E-state index in [0.717, 1.165) is 49.7 Å². The van der Waals surface area contributed by atoms with E-state index in [0.29, 0.717) is 12.2 Å². The summed E-state index contributed by atoms with van der Waals surface area (Å²) >= 11 is 0. The Balaban J connectivity index is 2.04. The first kappa shape index (κ1) is 24.2. The normalized spacial score (nSPS) is 14.3. The van der Waals surface area contributed by atoms with Crippen molar-refractivity contribution in [2.45, 2.75) is 77.7 Å². The monoisotopic (exact) mass is 437 g/mol. The Bertz CT molecular complexity index is 978. The van der Waals surface area contributed by atoms with Crippen molar-refractivity contribution in [3.8, 4) is 11.1 Å². The molecule has 0 heterocycles. The first-order valence-corrected chi connectivity index (χ1v) is 11.8. The highest BCUT2D eigenvalue weighted by molar-refractivity contribution is 5.74. The molecule has 0 amide bonds. The molecule has 0 aromatic heterocycles. The Morgan fingerprint density at radius 3 is 2.66 bits per heavy atom. The number of carbonyl (C=O) groups excluding carboxylic acids is 1. The van der Waals surface area contributed by atoms with Crippen molar-refractivity contribution in [2.75, 3.05) is 6.61 Å². The molecule has 0 radical (unpaired) electrons. The van der Waals surface area contributed by atoms with Crippen LogP contribution in [0.5, 0.6) is 0 Å². The van der Waals surface area contributed by atoms with E-state index in [2.05, 4.69) is 32.6 Å². The summed E-state index contributed by atoms with van der Waals surface area (Å²) in [7, 11) is 0. The van der Waals surface area contributed by atoms with Gasteiger partial charge in [-0.1, -0.05) is 23.8 Å². The van der Waals surface area contributed by atoms with Gasteiger partial charge in [0.1, 0.15) is 5.82 Å². The summed E-state index contributed by atoms with van der Waals surface area (Å²) in [5.74, 6) is -0.414. The summed E-state index contributed by atoms with van der Waals surface area (Å²) < 4.78 is 20.5. The van der Waals surface area contributed by atoms with Gasteiger partial charge in [-0.2, -0.15) is 0 Å². The van der Waals surface area contributed by atoms with E-state index < -0.39 is 12.0 Å². The standard InChI is InChI=1S/C28H36FNO2/c1-5-7-8-9-10-21-14-18(3)13-19(4)27(21)22-15-23(20-11-12-20)28(29)24(16-22)25(30)17-26(31)32-6-2/h5,13-16,20,25H,1,6-12,17,30H2,2-4H3/t25-/m0/s1. The number of unbranched alkanes of at least 4 members (excludes halogenated alkanes) is 2. The van der Waals surface area contributed by atoms with Crippen LogP contribution in [0.25, 0.3) is 11.1 Å². The Labute approximate surface area is 191 Å². The second kappa shape index (κ2) is 10.9. The summed E-state index contributed by atoms with van der Waals surface area (Å²) in [5, 5.41) is 0. The van der Waals surface area contributed by atoms with E-state index in [1.54, 1.807) is 6.92 Å². The lowest BCUT2D eigenvalue weighted by Gasteiger charge is -2.20. The minimum atomic E-state index is -0.728. The first-order valence-electron chi connectivity index (χ1n) is 11.8. The third-order valence-electron chi connectivity index (χ3n) is 6.19. The maximum absolute atomic E-state index is 15.5. The van der Waals surface area contributed by atoms with Crippen LogP contribution in [0.4, 0.5) is 4.39 Å². The molecule has 2 aromatic carbocycles. The van der Waals surface area contributed by atoms with E-state index in [9.17, 15) is 4.79 Å². The number of halogens is 1. The molecule has 32 heavy (non-hydrogen) atoms. The first-order chi connectivity index (χ1) is 15.3. The largest absolute Gasteiger partial charge is 0.466 e. The van der Waals surface area contributed by atoms with Gasteiger partial charge in [-0.25, -0.2) is 4.39 Å². The number of aryl methyl sites for hydroxylation is 3. The van der Waals surface area contributed by atoms with Gasteiger partial charge >= 0.3 is 5.97 Å². The molecule has 0 saturated heterocycles. The second-order valence-corrected chi connectivity index (χ2v) is 9.01. The Morgan fingerprint density at radius 1 is 1.25 bits per heavy atom. The summed E-state index contributed by atoms with van der Waals surface area (Å²) in [6.45, 7) is 10.1. The summed E-state index contributed by atoms with van der Waals surface area (Å²) in [6, 6.07) is 7.57. The van der Waals surface area contributed by atoms with Gasteiger partial charge in [0.15, 0.2) is 0 Å². The molecule has 1 aliphatic carbocycles. The maximum Gasteiger partial charge on any atom is 0.307 e. The van der Waals surface area contributed by atoms with Crippen LogP contribution in [0.3, 0.4) is 0 Å². The highest BCUT2D eigenvalue weighted by atomic mass is 19.1. The van der Waals surface area contributed by atoms with Crippen LogP contribution in [0, 0.1) is 19.7 Å². The topological polar surface area (TPSA) is 52.3 Å². The summed E-state index contributed by atoms with van der Waals surface area (Å²) in [6.07, 6.45) is 8.07. The number of carbonyl (C=O) groups is 1. The van der Waals surface area contributed by atoms with E-state index >= 15 is 4.39 Å². The number of hydrogen-bond donors (Lipinski definition) is 1. The average Bonchev–Trinajstić information content (AvgIpc) is 3.56. The average molecular weight is 438 g/mol. The van der Waals surface area contributed by atoms with Crippen molar-refractivity contribution in [3.63, 3.8) is 0 Å². The van der Waals surface area contributed by atoms with Gasteiger partial charge in [0, 0.05) is 11.6 Å². The lowest BCUT2D eigenvalue weighted by molar-refractivity contribution is -0.143. The molecule has 172 valence electrons. The molecule has 4 heteroatoms. The number of allylic oxidation sites excluding steroid dienone is 1. The smallest absolute Gasteiger partial charge is 0.307 e. The fraction of sp³-hybridized carbons (Fsp3) is 0.464. The highest BCUT2D eigenvalue weighted by Crippen LogP contribution is 2.45. The van der Waals surface area contributed by atoms with Crippen molar-refractivity contribution < 1.29 is 13.9 Å². The van der Waals surface area contributed by atoms with E-state index in [1.807, 2.05) is 18.2 Å². The van der Waals surface area contributed by atoms with Crippen LogP contribution in [0.1, 0.15) is 85.2 Å². The fourth-order valence-electron chi connectivity index (χ4n) is 4.56. The van der Waals surface area contributed by atoms with Crippen molar-refractivity contribution in [1.82, 2.24) is 0 Å². The van der Waals surface area contributed by atoms with Crippen LogP contribution in [-0.4, -0.2) is 12.6 Å². The predicted molar refractivity (Wildman–Crippen MR) is 129 cm³/mol. The molecule has 2 aromatic rings. The predicted octanol–water partition coefficient (Wildman–Crippen LogP) is 6.84. The molecule has 2 N–H and O–H groups in total. The van der Waals surface area contributed by atoms with E-state index in [1.165, 1.54) is 22.3 Å². The number of hydrogen-bond acceptors (Lipinski definition) is 3. The molecule has 3 rings (SSSR count). The van der Waals surface area contributed by atoms with Gasteiger partial charge in [-0.05, 0) is 105 Å². The van der Waals surface area contributed by atoms with Gasteiger partial charge < -0.3 is 10.5 Å². The van der Waals surface area contributed by atoms with Gasteiger partial charge in [0.05, 0.1) is 13.0 Å². The molecular formula is C28H36FNO2. The van der Waals surface area contributed by atoms with E-state index in [-0.39, 0.29) is 18.2 Å². The number of nitrogens with two attached hydrogens (primary N) is 1. The second-order valence-electron chi connectivity index (χ2n) is 9.01. The molecule has 0 aliphatic heterocycles. The van der Waals surface area contributed by atoms with Crippen molar-refractivity contribution in [2.24, 2.45) is 5.73 Å². The summed E-state index contributed by atoms with van der Waals surface area (Å²) in [5.41, 5.74) is 13.3. The molecule has 1 aliphatic rings. The Morgan fingerprint density at radius 2 is 2.00 bits per heavy atom. The van der Waals surface area contributed by atoms with Gasteiger partial charge in [0.25, 0.3) is 0 Å². The number of benzene rings is 2. The van der Waals surface area contributed by atoms with Crippen LogP contribution >= 0.6 is 0 Å². The minimum absolute atomic E-state index is 0.0282. The van der Waals surface area contributed by atoms with Crippen molar-refractivity contribution in [3.05, 3.63) is 70.6 Å². The van der Waals surface area contributed by atoms with Crippen LogP contribution < -0.4 is 5.73 Å². The van der Waals surface area contributed by atoms with Crippen molar-refractivity contribution >= 4 is 5.97 Å². The van der Waals surface area contributed by atoms with Crippen LogP contribution in [0.15, 0.2) is 36.9 Å². The maximum atomic E-state index is 15.5. The minimum Gasteiger partial charge on any atom is -0.466 e. The van der Waals surface area contributed by atoms with Gasteiger partial charge in [-0.3, -0.25) is 4.79 Å². The fourth-order valence-corrected chi connectivity index (χ4v) is 4.56. The summed E-state index contributed by atoms with van der Waals surface area (Å²) in [4.78, 5) is 12.0. The zero-order valence-electron chi connectivity index (χ0n) is 19.7. The highest BCUT2D eigenvalue weighted by Gasteiger charge is 2.30. The van der Waals surface area contributed by atoms with Crippen molar-refractivity contribution in [1.29, 1.82) is 0 Å². The molecule has 1 atom stereocenters. The van der Waals surface area contributed by atoms with Gasteiger partial charge in [0.2, 0.25) is 0 Å². The third kappa shape index (κ3) is 5.86. The molecule has 0 spiro atoms. The van der Waals surface area contributed by atoms with E-state index in [4.69, 9.17) is 10.5 Å². The SMILES string of the molecule is C=CCCCCc1cc(C)cc(C)c1-c1cc(C2CC2)c(F)c([C@@H](N)CC(=O)OCC)c1. The number of ether oxygens (including phenoxy) is 1. The zero-order valence-corrected chi connectivity index (χ0v) is 19.7. The molecular weight excluding hydrogens is 401 g/mol. The molecule has 0 unspecified atom stereocenters. The van der Waals surface area contributed by atoms with Crippen LogP contribution in [0.2, 0.25) is 0 Å².